The number of carboxylic acid groups (broad SMARTS) is 1. The summed E-state index contributed by atoms with van der Waals surface area (Å²) < 4.78 is 2.05. The van der Waals surface area contributed by atoms with Gasteiger partial charge in [0.2, 0.25) is 0 Å². The van der Waals surface area contributed by atoms with E-state index < -0.39 is 5.97 Å². The van der Waals surface area contributed by atoms with Crippen LogP contribution < -0.4 is 0 Å². The normalized spacial score (nSPS) is 18.8. The Kier molecular flexibility index (Phi) is 5.79. The van der Waals surface area contributed by atoms with E-state index in [-0.39, 0.29) is 0 Å². The van der Waals surface area contributed by atoms with Gasteiger partial charge >= 0.3 is 5.97 Å². The van der Waals surface area contributed by atoms with Crippen molar-refractivity contribution in [1.29, 1.82) is 0 Å². The van der Waals surface area contributed by atoms with Crippen LogP contribution in [0.5, 0.6) is 0 Å². The molecule has 21 heavy (non-hydrogen) atoms. The van der Waals surface area contributed by atoms with E-state index in [1.807, 2.05) is 0 Å². The maximum atomic E-state index is 10.6. The van der Waals surface area contributed by atoms with Crippen LogP contribution in [-0.4, -0.2) is 38.8 Å². The van der Waals surface area contributed by atoms with E-state index in [0.29, 0.717) is 18.4 Å². The van der Waals surface area contributed by atoms with Crippen LogP contribution in [0.25, 0.3) is 0 Å². The van der Waals surface area contributed by atoms with E-state index in [1.165, 1.54) is 0 Å². The summed E-state index contributed by atoms with van der Waals surface area (Å²) >= 11 is 0. The Morgan fingerprint density at radius 1 is 1.48 bits per heavy atom. The topological polar surface area (TPSA) is 58.4 Å². The molecule has 1 N–H and O–H groups in total. The first-order valence-electron chi connectivity index (χ1n) is 8.06. The number of carboxylic acids is 1. The fourth-order valence-electron chi connectivity index (χ4n) is 2.88. The molecule has 1 fully saturated rings. The van der Waals surface area contributed by atoms with Crippen molar-refractivity contribution in [2.75, 3.05) is 13.1 Å². The van der Waals surface area contributed by atoms with Crippen molar-refractivity contribution >= 4 is 5.97 Å². The van der Waals surface area contributed by atoms with Crippen molar-refractivity contribution in [1.82, 2.24) is 14.7 Å². The van der Waals surface area contributed by atoms with E-state index >= 15 is 0 Å². The minimum atomic E-state index is -0.673. The number of piperidine rings is 1. The highest BCUT2D eigenvalue weighted by atomic mass is 16.4. The predicted molar refractivity (Wildman–Crippen MR) is 82.1 cm³/mol. The molecule has 0 amide bonds. The van der Waals surface area contributed by atoms with Crippen molar-refractivity contribution in [2.24, 2.45) is 5.92 Å². The number of carbonyl (C=O) groups is 1. The average Bonchev–Trinajstić information content (AvgIpc) is 2.94. The lowest BCUT2D eigenvalue weighted by Gasteiger charge is -2.31. The van der Waals surface area contributed by atoms with Crippen molar-refractivity contribution in [3.63, 3.8) is 0 Å². The van der Waals surface area contributed by atoms with Gasteiger partial charge in [-0.2, -0.15) is 5.10 Å². The van der Waals surface area contributed by atoms with Crippen LogP contribution in [0.2, 0.25) is 0 Å². The van der Waals surface area contributed by atoms with Crippen LogP contribution >= 0.6 is 0 Å². The molecule has 0 aromatic carbocycles. The molecular weight excluding hydrogens is 266 g/mol. The standard InChI is InChI=1S/C16H27N3O2/c1-3-13(2)19-11-8-15(17-19)12-18-9-6-14(7-10-18)4-5-16(20)21/h8,11,13-14H,3-7,9-10,12H2,1-2H3,(H,20,21). The Labute approximate surface area is 126 Å². The summed E-state index contributed by atoms with van der Waals surface area (Å²) in [5, 5.41) is 13.4. The summed E-state index contributed by atoms with van der Waals surface area (Å²) in [6.45, 7) is 7.38. The summed E-state index contributed by atoms with van der Waals surface area (Å²) in [7, 11) is 0. The highest BCUT2D eigenvalue weighted by molar-refractivity contribution is 5.66. The molecule has 118 valence electrons. The monoisotopic (exact) mass is 293 g/mol. The van der Waals surface area contributed by atoms with Crippen LogP contribution in [0.3, 0.4) is 0 Å². The lowest BCUT2D eigenvalue weighted by atomic mass is 9.92. The lowest BCUT2D eigenvalue weighted by Crippen LogP contribution is -2.33. The molecule has 0 radical (unpaired) electrons. The van der Waals surface area contributed by atoms with Crippen LogP contribution in [0.1, 0.15) is 57.7 Å². The van der Waals surface area contributed by atoms with Gasteiger partial charge in [-0.3, -0.25) is 14.4 Å². The second-order valence-corrected chi connectivity index (χ2v) is 6.20. The molecule has 1 aromatic heterocycles. The van der Waals surface area contributed by atoms with Crippen molar-refractivity contribution in [3.05, 3.63) is 18.0 Å². The molecule has 5 heteroatoms. The molecule has 1 saturated heterocycles. The third-order valence-corrected chi connectivity index (χ3v) is 4.57. The van der Waals surface area contributed by atoms with Gasteiger partial charge in [0, 0.05) is 25.2 Å². The second-order valence-electron chi connectivity index (χ2n) is 6.20. The van der Waals surface area contributed by atoms with Gasteiger partial charge < -0.3 is 5.11 Å². The minimum absolute atomic E-state index is 0.310. The SMILES string of the molecule is CCC(C)n1ccc(CN2CCC(CCC(=O)O)CC2)n1. The van der Waals surface area contributed by atoms with Crippen LogP contribution in [-0.2, 0) is 11.3 Å². The van der Waals surface area contributed by atoms with E-state index in [9.17, 15) is 4.79 Å². The molecule has 1 aliphatic rings. The van der Waals surface area contributed by atoms with Gasteiger partial charge in [0.1, 0.15) is 0 Å². The third kappa shape index (κ3) is 4.84. The number of hydrogen-bond acceptors (Lipinski definition) is 3. The molecule has 1 atom stereocenters. The molecular formula is C16H27N3O2. The van der Waals surface area contributed by atoms with E-state index in [2.05, 4.69) is 40.8 Å². The quantitative estimate of drug-likeness (QED) is 0.839. The molecule has 5 nitrogen and oxygen atoms in total. The van der Waals surface area contributed by atoms with Gasteiger partial charge in [-0.05, 0) is 57.7 Å². The van der Waals surface area contributed by atoms with Crippen LogP contribution in [0.4, 0.5) is 0 Å². The molecule has 0 bridgehead atoms. The molecule has 0 aliphatic carbocycles. The van der Waals surface area contributed by atoms with E-state index in [0.717, 1.165) is 51.0 Å². The number of likely N-dealkylation sites (tertiary alicyclic amines) is 1. The van der Waals surface area contributed by atoms with Gasteiger partial charge in [0.25, 0.3) is 0 Å². The number of aliphatic carboxylic acids is 1. The molecule has 2 rings (SSSR count). The largest absolute Gasteiger partial charge is 0.481 e. The molecule has 2 heterocycles. The van der Waals surface area contributed by atoms with E-state index in [4.69, 9.17) is 5.11 Å². The molecule has 1 aromatic rings. The number of rotatable bonds is 7. The zero-order chi connectivity index (χ0) is 15.2. The Hall–Kier alpha value is -1.36. The van der Waals surface area contributed by atoms with Crippen LogP contribution in [0, 0.1) is 5.92 Å². The summed E-state index contributed by atoms with van der Waals surface area (Å²) in [6, 6.07) is 2.57. The number of nitrogens with zero attached hydrogens (tertiary/aromatic N) is 3. The average molecular weight is 293 g/mol. The highest BCUT2D eigenvalue weighted by Crippen LogP contribution is 2.23. The van der Waals surface area contributed by atoms with Gasteiger partial charge in [-0.15, -0.1) is 0 Å². The Bertz CT molecular complexity index is 450. The first-order valence-corrected chi connectivity index (χ1v) is 8.06. The number of aromatic nitrogens is 2. The molecule has 0 spiro atoms. The van der Waals surface area contributed by atoms with Gasteiger partial charge in [-0.1, -0.05) is 6.92 Å². The molecule has 1 unspecified atom stereocenters. The zero-order valence-electron chi connectivity index (χ0n) is 13.2. The fraction of sp³-hybridized carbons (Fsp3) is 0.750. The maximum absolute atomic E-state index is 10.6. The Balaban J connectivity index is 1.75. The third-order valence-electron chi connectivity index (χ3n) is 4.57. The summed E-state index contributed by atoms with van der Waals surface area (Å²) in [4.78, 5) is 13.0. The maximum Gasteiger partial charge on any atom is 0.303 e. The van der Waals surface area contributed by atoms with E-state index in [1.54, 1.807) is 0 Å². The minimum Gasteiger partial charge on any atom is -0.481 e. The Morgan fingerprint density at radius 2 is 2.19 bits per heavy atom. The van der Waals surface area contributed by atoms with Gasteiger partial charge in [0.15, 0.2) is 0 Å². The predicted octanol–water partition coefficient (Wildman–Crippen LogP) is 2.93. The van der Waals surface area contributed by atoms with Gasteiger partial charge in [0.05, 0.1) is 5.69 Å². The summed E-state index contributed by atoms with van der Waals surface area (Å²) in [5.74, 6) is -0.0944. The van der Waals surface area contributed by atoms with Crippen LogP contribution in [0.15, 0.2) is 12.3 Å². The zero-order valence-corrected chi connectivity index (χ0v) is 13.2. The first kappa shape index (κ1) is 16.0. The van der Waals surface area contributed by atoms with Crippen molar-refractivity contribution in [2.45, 2.75) is 58.5 Å². The lowest BCUT2D eigenvalue weighted by molar-refractivity contribution is -0.137. The molecule has 1 aliphatic heterocycles. The molecule has 0 saturated carbocycles. The van der Waals surface area contributed by atoms with Crippen molar-refractivity contribution in [3.8, 4) is 0 Å². The second kappa shape index (κ2) is 7.59. The van der Waals surface area contributed by atoms with Crippen molar-refractivity contribution < 1.29 is 9.90 Å². The van der Waals surface area contributed by atoms with Gasteiger partial charge in [-0.25, -0.2) is 0 Å². The Morgan fingerprint density at radius 3 is 2.81 bits per heavy atom. The highest BCUT2D eigenvalue weighted by Gasteiger charge is 2.20. The summed E-state index contributed by atoms with van der Waals surface area (Å²) in [6.07, 6.45) is 6.52. The summed E-state index contributed by atoms with van der Waals surface area (Å²) in [5.41, 5.74) is 1.14. The fourth-order valence-corrected chi connectivity index (χ4v) is 2.88. The number of hydrogen-bond donors (Lipinski definition) is 1. The smallest absolute Gasteiger partial charge is 0.303 e. The first-order chi connectivity index (χ1) is 10.1.